The summed E-state index contributed by atoms with van der Waals surface area (Å²) in [5.74, 6) is -0.459. The van der Waals surface area contributed by atoms with Gasteiger partial charge in [0.2, 0.25) is 11.8 Å². The van der Waals surface area contributed by atoms with Crippen LogP contribution in [0.15, 0.2) is 54.7 Å². The quantitative estimate of drug-likeness (QED) is 0.669. The van der Waals surface area contributed by atoms with Crippen molar-refractivity contribution in [2.75, 3.05) is 17.7 Å². The molecule has 2 amide bonds. The molecule has 2 aromatic carbocycles. The number of pyridine rings is 1. The van der Waals surface area contributed by atoms with Crippen molar-refractivity contribution in [3.8, 4) is 5.75 Å². The molecule has 0 aliphatic heterocycles. The molecular weight excluding hydrogens is 354 g/mol. The van der Waals surface area contributed by atoms with Crippen molar-refractivity contribution in [2.24, 2.45) is 0 Å². The highest BCUT2D eigenvalue weighted by atomic mass is 35.5. The Kier molecular flexibility index (Phi) is 5.34. The Hall–Kier alpha value is -3.12. The van der Waals surface area contributed by atoms with Crippen LogP contribution in [0.5, 0.6) is 5.75 Å². The van der Waals surface area contributed by atoms with E-state index >= 15 is 0 Å². The fraction of sp³-hybridized carbons (Fsp3) is 0.105. The molecule has 2 N–H and O–H groups in total. The number of hydrogen-bond acceptors (Lipinski definition) is 4. The van der Waals surface area contributed by atoms with E-state index in [-0.39, 0.29) is 6.42 Å². The lowest BCUT2D eigenvalue weighted by Gasteiger charge is -2.11. The number of nitrogens with zero attached hydrogens (tertiary/aromatic N) is 1. The number of anilines is 2. The second-order valence-electron chi connectivity index (χ2n) is 5.50. The number of methoxy groups -OCH3 is 1. The predicted molar refractivity (Wildman–Crippen MR) is 102 cm³/mol. The smallest absolute Gasteiger partial charge is 0.233 e. The van der Waals surface area contributed by atoms with Gasteiger partial charge < -0.3 is 15.4 Å². The molecule has 0 unspecified atom stereocenters. The summed E-state index contributed by atoms with van der Waals surface area (Å²) in [4.78, 5) is 28.7. The van der Waals surface area contributed by atoms with Crippen molar-refractivity contribution in [3.05, 3.63) is 59.8 Å². The van der Waals surface area contributed by atoms with Crippen molar-refractivity contribution in [1.82, 2.24) is 4.98 Å². The molecule has 26 heavy (non-hydrogen) atoms. The van der Waals surface area contributed by atoms with Gasteiger partial charge in [-0.05, 0) is 30.3 Å². The Labute approximate surface area is 155 Å². The van der Waals surface area contributed by atoms with Gasteiger partial charge in [-0.2, -0.15) is 0 Å². The SMILES string of the molecule is COc1ccc(Cl)cc1NC(=O)CC(=O)Nc1cccc2cccnc12. The normalized spacial score (nSPS) is 10.4. The molecule has 3 rings (SSSR count). The lowest BCUT2D eigenvalue weighted by molar-refractivity contribution is -0.123. The molecular formula is C19H16ClN3O3. The maximum Gasteiger partial charge on any atom is 0.233 e. The first kappa shape index (κ1) is 17.7. The topological polar surface area (TPSA) is 80.3 Å². The molecule has 0 spiro atoms. The zero-order valence-electron chi connectivity index (χ0n) is 14.0. The van der Waals surface area contributed by atoms with Crippen molar-refractivity contribution in [3.63, 3.8) is 0 Å². The number of benzene rings is 2. The minimum Gasteiger partial charge on any atom is -0.495 e. The summed E-state index contributed by atoms with van der Waals surface area (Å²) in [6.07, 6.45) is 1.30. The van der Waals surface area contributed by atoms with E-state index in [4.69, 9.17) is 16.3 Å². The first-order valence-electron chi connectivity index (χ1n) is 7.84. The van der Waals surface area contributed by atoms with Gasteiger partial charge in [-0.15, -0.1) is 0 Å². The standard InChI is InChI=1S/C19H16ClN3O3/c1-26-16-8-7-13(20)10-15(16)23-18(25)11-17(24)22-14-6-2-4-12-5-3-9-21-19(12)14/h2-10H,11H2,1H3,(H,22,24)(H,23,25). The van der Waals surface area contributed by atoms with Crippen molar-refractivity contribution >= 4 is 45.7 Å². The number of nitrogens with one attached hydrogen (secondary N) is 2. The number of halogens is 1. The van der Waals surface area contributed by atoms with Crippen LogP contribution in [0.25, 0.3) is 10.9 Å². The third-order valence-corrected chi connectivity index (χ3v) is 3.90. The van der Waals surface area contributed by atoms with Crippen molar-refractivity contribution in [1.29, 1.82) is 0 Å². The number of fused-ring (bicyclic) bond motifs is 1. The first-order chi connectivity index (χ1) is 12.6. The number of amides is 2. The third kappa shape index (κ3) is 4.10. The van der Waals surface area contributed by atoms with E-state index in [9.17, 15) is 9.59 Å². The van der Waals surface area contributed by atoms with Gasteiger partial charge in [0.05, 0.1) is 24.0 Å². The van der Waals surface area contributed by atoms with Gasteiger partial charge in [-0.1, -0.05) is 29.8 Å². The molecule has 0 bridgehead atoms. The molecule has 0 fully saturated rings. The summed E-state index contributed by atoms with van der Waals surface area (Å²) in [5.41, 5.74) is 1.63. The Bertz CT molecular complexity index is 970. The van der Waals surface area contributed by atoms with Gasteiger partial charge in [0.25, 0.3) is 0 Å². The highest BCUT2D eigenvalue weighted by molar-refractivity contribution is 6.31. The molecule has 1 heterocycles. The highest BCUT2D eigenvalue weighted by Crippen LogP contribution is 2.27. The van der Waals surface area contributed by atoms with E-state index in [1.54, 1.807) is 30.5 Å². The van der Waals surface area contributed by atoms with Gasteiger partial charge in [0.15, 0.2) is 0 Å². The highest BCUT2D eigenvalue weighted by Gasteiger charge is 2.14. The van der Waals surface area contributed by atoms with Gasteiger partial charge in [0.1, 0.15) is 12.2 Å². The zero-order valence-corrected chi connectivity index (χ0v) is 14.7. The number of ether oxygens (including phenoxy) is 1. The minimum atomic E-state index is -0.476. The Balaban J connectivity index is 1.68. The molecule has 0 radical (unpaired) electrons. The van der Waals surface area contributed by atoms with Gasteiger partial charge >= 0.3 is 0 Å². The van der Waals surface area contributed by atoms with Crippen LogP contribution in [-0.4, -0.2) is 23.9 Å². The molecule has 0 atom stereocenters. The van der Waals surface area contributed by atoms with Crippen LogP contribution in [0.3, 0.4) is 0 Å². The lowest BCUT2D eigenvalue weighted by atomic mass is 10.2. The van der Waals surface area contributed by atoms with E-state index in [1.807, 2.05) is 24.3 Å². The molecule has 0 aliphatic carbocycles. The molecule has 7 heteroatoms. The summed E-state index contributed by atoms with van der Waals surface area (Å²) >= 11 is 5.93. The Morgan fingerprint density at radius 1 is 1.04 bits per heavy atom. The van der Waals surface area contributed by atoms with Crippen LogP contribution in [0.1, 0.15) is 6.42 Å². The molecule has 0 saturated carbocycles. The van der Waals surface area contributed by atoms with E-state index < -0.39 is 11.8 Å². The molecule has 6 nitrogen and oxygen atoms in total. The summed E-state index contributed by atoms with van der Waals surface area (Å²) in [7, 11) is 1.49. The van der Waals surface area contributed by atoms with E-state index in [0.29, 0.717) is 27.7 Å². The van der Waals surface area contributed by atoms with Crippen LogP contribution in [-0.2, 0) is 9.59 Å². The van der Waals surface area contributed by atoms with Gasteiger partial charge in [-0.25, -0.2) is 0 Å². The molecule has 0 saturated heterocycles. The number of rotatable bonds is 5. The number of carbonyl (C=O) groups is 2. The second kappa shape index (κ2) is 7.84. The van der Waals surface area contributed by atoms with E-state index in [1.165, 1.54) is 7.11 Å². The van der Waals surface area contributed by atoms with Crippen molar-refractivity contribution < 1.29 is 14.3 Å². The maximum absolute atomic E-state index is 12.2. The zero-order chi connectivity index (χ0) is 18.5. The summed E-state index contributed by atoms with van der Waals surface area (Å²) in [6, 6.07) is 14.0. The fourth-order valence-electron chi connectivity index (χ4n) is 2.52. The Morgan fingerprint density at radius 3 is 2.54 bits per heavy atom. The van der Waals surface area contributed by atoms with E-state index in [2.05, 4.69) is 15.6 Å². The molecule has 0 aliphatic rings. The van der Waals surface area contributed by atoms with Crippen LogP contribution in [0, 0.1) is 0 Å². The van der Waals surface area contributed by atoms with Gasteiger partial charge in [-0.3, -0.25) is 14.6 Å². The number of aromatic nitrogens is 1. The minimum absolute atomic E-state index is 0.348. The molecule has 1 aromatic heterocycles. The number of carbonyl (C=O) groups excluding carboxylic acids is 2. The number of hydrogen-bond donors (Lipinski definition) is 2. The fourth-order valence-corrected chi connectivity index (χ4v) is 2.69. The van der Waals surface area contributed by atoms with Crippen LogP contribution in [0.4, 0.5) is 11.4 Å². The average Bonchev–Trinajstić information content (AvgIpc) is 2.62. The lowest BCUT2D eigenvalue weighted by Crippen LogP contribution is -2.21. The Morgan fingerprint density at radius 2 is 1.77 bits per heavy atom. The first-order valence-corrected chi connectivity index (χ1v) is 8.21. The largest absolute Gasteiger partial charge is 0.495 e. The van der Waals surface area contributed by atoms with Crippen LogP contribution >= 0.6 is 11.6 Å². The molecule has 3 aromatic rings. The summed E-state index contributed by atoms with van der Waals surface area (Å²) in [5, 5.41) is 6.71. The summed E-state index contributed by atoms with van der Waals surface area (Å²) in [6.45, 7) is 0. The average molecular weight is 370 g/mol. The second-order valence-corrected chi connectivity index (χ2v) is 5.93. The predicted octanol–water partition coefficient (Wildman–Crippen LogP) is 3.86. The van der Waals surface area contributed by atoms with Crippen LogP contribution < -0.4 is 15.4 Å². The van der Waals surface area contributed by atoms with Gasteiger partial charge in [0, 0.05) is 16.6 Å². The molecule has 132 valence electrons. The van der Waals surface area contributed by atoms with Crippen LogP contribution in [0.2, 0.25) is 5.02 Å². The number of para-hydroxylation sites is 1. The van der Waals surface area contributed by atoms with Crippen molar-refractivity contribution in [2.45, 2.75) is 6.42 Å². The monoisotopic (exact) mass is 369 g/mol. The third-order valence-electron chi connectivity index (χ3n) is 3.66. The maximum atomic E-state index is 12.2. The van der Waals surface area contributed by atoms with E-state index in [0.717, 1.165) is 5.39 Å². The summed E-state index contributed by atoms with van der Waals surface area (Å²) < 4.78 is 5.17.